The van der Waals surface area contributed by atoms with Crippen LogP contribution in [0.3, 0.4) is 0 Å². The van der Waals surface area contributed by atoms with E-state index >= 15 is 0 Å². The van der Waals surface area contributed by atoms with Crippen molar-refractivity contribution in [2.45, 2.75) is 25.8 Å². The summed E-state index contributed by atoms with van der Waals surface area (Å²) in [4.78, 5) is 2.53. The molecular formula is C12H26N2O2. The van der Waals surface area contributed by atoms with Gasteiger partial charge >= 0.3 is 0 Å². The molecule has 0 amide bonds. The van der Waals surface area contributed by atoms with Gasteiger partial charge in [-0.3, -0.25) is 4.90 Å². The molecule has 1 saturated heterocycles. The number of nitrogens with zero attached hydrogens (tertiary/aromatic N) is 1. The van der Waals surface area contributed by atoms with Gasteiger partial charge in [0.05, 0.1) is 19.8 Å². The summed E-state index contributed by atoms with van der Waals surface area (Å²) >= 11 is 0. The van der Waals surface area contributed by atoms with Crippen LogP contribution in [0.25, 0.3) is 0 Å². The molecule has 0 aromatic carbocycles. The van der Waals surface area contributed by atoms with Gasteiger partial charge in [-0.1, -0.05) is 0 Å². The molecule has 4 heteroatoms. The quantitative estimate of drug-likeness (QED) is 0.623. The number of methoxy groups -OCH3 is 1. The van der Waals surface area contributed by atoms with Gasteiger partial charge in [-0.2, -0.15) is 0 Å². The lowest BCUT2D eigenvalue weighted by atomic mass is 10.2. The fourth-order valence-corrected chi connectivity index (χ4v) is 1.96. The van der Waals surface area contributed by atoms with Crippen molar-refractivity contribution >= 4 is 0 Å². The minimum absolute atomic E-state index is 0.593. The van der Waals surface area contributed by atoms with Crippen LogP contribution in [0.15, 0.2) is 0 Å². The van der Waals surface area contributed by atoms with Gasteiger partial charge in [-0.15, -0.1) is 0 Å². The number of nitrogens with one attached hydrogen (secondary N) is 1. The molecule has 1 unspecified atom stereocenters. The van der Waals surface area contributed by atoms with Crippen LogP contribution in [0.5, 0.6) is 0 Å². The summed E-state index contributed by atoms with van der Waals surface area (Å²) in [5, 5.41) is 3.37. The number of rotatable bonds is 8. The maximum absolute atomic E-state index is 5.42. The van der Waals surface area contributed by atoms with Crippen LogP contribution in [0.2, 0.25) is 0 Å². The first kappa shape index (κ1) is 13.9. The molecule has 1 heterocycles. The minimum Gasteiger partial charge on any atom is -0.383 e. The van der Waals surface area contributed by atoms with Crippen LogP contribution in [0.1, 0.15) is 19.8 Å². The van der Waals surface area contributed by atoms with Crippen LogP contribution in [-0.4, -0.2) is 64.1 Å². The van der Waals surface area contributed by atoms with E-state index in [1.165, 1.54) is 19.4 Å². The van der Waals surface area contributed by atoms with E-state index in [4.69, 9.17) is 9.47 Å². The molecule has 16 heavy (non-hydrogen) atoms. The van der Waals surface area contributed by atoms with Crippen molar-refractivity contribution in [3.8, 4) is 0 Å². The number of hydrogen-bond donors (Lipinski definition) is 1. The molecule has 1 fully saturated rings. The van der Waals surface area contributed by atoms with E-state index in [0.717, 1.165) is 39.5 Å². The highest BCUT2D eigenvalue weighted by Gasteiger charge is 2.17. The summed E-state index contributed by atoms with van der Waals surface area (Å²) in [5.41, 5.74) is 0. The predicted molar refractivity (Wildman–Crippen MR) is 65.8 cm³/mol. The highest BCUT2D eigenvalue weighted by atomic mass is 16.5. The monoisotopic (exact) mass is 230 g/mol. The molecule has 0 aromatic rings. The molecule has 1 atom stereocenters. The van der Waals surface area contributed by atoms with E-state index < -0.39 is 0 Å². The fraction of sp³-hybridized carbons (Fsp3) is 1.00. The molecule has 0 bridgehead atoms. The van der Waals surface area contributed by atoms with Gasteiger partial charge in [0.2, 0.25) is 0 Å². The van der Waals surface area contributed by atoms with Crippen LogP contribution in [-0.2, 0) is 9.47 Å². The molecule has 0 aromatic heterocycles. The van der Waals surface area contributed by atoms with Crippen molar-refractivity contribution in [1.82, 2.24) is 10.2 Å². The van der Waals surface area contributed by atoms with Gasteiger partial charge < -0.3 is 14.8 Å². The first-order chi connectivity index (χ1) is 7.84. The van der Waals surface area contributed by atoms with E-state index in [1.54, 1.807) is 7.11 Å². The maximum Gasteiger partial charge on any atom is 0.0619 e. The topological polar surface area (TPSA) is 33.7 Å². The average Bonchev–Trinajstić information content (AvgIpc) is 2.30. The molecule has 1 aliphatic heterocycles. The van der Waals surface area contributed by atoms with Gasteiger partial charge in [0.1, 0.15) is 0 Å². The van der Waals surface area contributed by atoms with Crippen molar-refractivity contribution in [1.29, 1.82) is 0 Å². The van der Waals surface area contributed by atoms with Gasteiger partial charge in [-0.25, -0.2) is 0 Å². The molecule has 0 radical (unpaired) electrons. The SMILES string of the molecule is COCCNCCCCN1CCOCC1C. The first-order valence-electron chi connectivity index (χ1n) is 6.36. The zero-order valence-corrected chi connectivity index (χ0v) is 10.7. The molecule has 4 nitrogen and oxygen atoms in total. The molecule has 1 N–H and O–H groups in total. The summed E-state index contributed by atoms with van der Waals surface area (Å²) in [6.45, 7) is 9.21. The van der Waals surface area contributed by atoms with E-state index in [0.29, 0.717) is 6.04 Å². The number of morpholine rings is 1. The smallest absolute Gasteiger partial charge is 0.0619 e. The Balaban J connectivity index is 1.90. The Morgan fingerprint density at radius 2 is 2.25 bits per heavy atom. The Bertz CT molecular complexity index is 167. The van der Waals surface area contributed by atoms with Crippen molar-refractivity contribution < 1.29 is 9.47 Å². The summed E-state index contributed by atoms with van der Waals surface area (Å²) in [6.07, 6.45) is 2.51. The van der Waals surface area contributed by atoms with Crippen LogP contribution >= 0.6 is 0 Å². The van der Waals surface area contributed by atoms with Crippen LogP contribution in [0.4, 0.5) is 0 Å². The summed E-state index contributed by atoms with van der Waals surface area (Å²) < 4.78 is 10.4. The lowest BCUT2D eigenvalue weighted by molar-refractivity contribution is -0.000843. The first-order valence-corrected chi connectivity index (χ1v) is 6.36. The normalized spacial score (nSPS) is 22.5. The molecule has 0 saturated carbocycles. The third kappa shape index (κ3) is 5.80. The summed E-state index contributed by atoms with van der Waals surface area (Å²) in [5.74, 6) is 0. The molecule has 0 spiro atoms. The second-order valence-corrected chi connectivity index (χ2v) is 4.41. The Morgan fingerprint density at radius 1 is 1.38 bits per heavy atom. The molecule has 96 valence electrons. The predicted octanol–water partition coefficient (Wildman–Crippen LogP) is 0.723. The Labute approximate surface area is 99.3 Å². The lowest BCUT2D eigenvalue weighted by Crippen LogP contribution is -2.44. The average molecular weight is 230 g/mol. The fourth-order valence-electron chi connectivity index (χ4n) is 1.96. The molecule has 1 rings (SSSR count). The van der Waals surface area contributed by atoms with Gasteiger partial charge in [0, 0.05) is 26.2 Å². The molecular weight excluding hydrogens is 204 g/mol. The Morgan fingerprint density at radius 3 is 3.00 bits per heavy atom. The van der Waals surface area contributed by atoms with Crippen LogP contribution in [0, 0.1) is 0 Å². The van der Waals surface area contributed by atoms with Crippen LogP contribution < -0.4 is 5.32 Å². The van der Waals surface area contributed by atoms with E-state index in [-0.39, 0.29) is 0 Å². The van der Waals surface area contributed by atoms with Crippen molar-refractivity contribution in [3.63, 3.8) is 0 Å². The lowest BCUT2D eigenvalue weighted by Gasteiger charge is -2.33. The van der Waals surface area contributed by atoms with Gasteiger partial charge in [-0.05, 0) is 32.9 Å². The van der Waals surface area contributed by atoms with E-state index in [9.17, 15) is 0 Å². The molecule has 1 aliphatic rings. The highest BCUT2D eigenvalue weighted by molar-refractivity contribution is 4.70. The van der Waals surface area contributed by atoms with Gasteiger partial charge in [0.15, 0.2) is 0 Å². The Hall–Kier alpha value is -0.160. The Kier molecular flexibility index (Phi) is 7.76. The summed E-state index contributed by atoms with van der Waals surface area (Å²) in [7, 11) is 1.74. The molecule has 0 aliphatic carbocycles. The largest absolute Gasteiger partial charge is 0.383 e. The van der Waals surface area contributed by atoms with Crippen molar-refractivity contribution in [2.75, 3.05) is 53.1 Å². The second kappa shape index (κ2) is 8.93. The van der Waals surface area contributed by atoms with E-state index in [2.05, 4.69) is 17.1 Å². The van der Waals surface area contributed by atoms with Gasteiger partial charge in [0.25, 0.3) is 0 Å². The zero-order valence-electron chi connectivity index (χ0n) is 10.7. The van der Waals surface area contributed by atoms with Crippen molar-refractivity contribution in [3.05, 3.63) is 0 Å². The third-order valence-electron chi connectivity index (χ3n) is 3.04. The zero-order chi connectivity index (χ0) is 11.6. The van der Waals surface area contributed by atoms with Crippen molar-refractivity contribution in [2.24, 2.45) is 0 Å². The standard InChI is InChI=1S/C12H26N2O2/c1-12-11-16-10-8-14(12)7-4-3-5-13-6-9-15-2/h12-13H,3-11H2,1-2H3. The number of unbranched alkanes of at least 4 members (excludes halogenated alkanes) is 1. The summed E-state index contributed by atoms with van der Waals surface area (Å²) in [6, 6.07) is 0.593. The minimum atomic E-state index is 0.593. The number of hydrogen-bond acceptors (Lipinski definition) is 4. The maximum atomic E-state index is 5.42. The highest BCUT2D eigenvalue weighted by Crippen LogP contribution is 2.07. The van der Waals surface area contributed by atoms with E-state index in [1.807, 2.05) is 0 Å². The third-order valence-corrected chi connectivity index (χ3v) is 3.04. The number of ether oxygens (including phenoxy) is 2. The second-order valence-electron chi connectivity index (χ2n) is 4.41.